The topological polar surface area (TPSA) is 101 Å². The van der Waals surface area contributed by atoms with E-state index in [0.29, 0.717) is 16.8 Å². The molecule has 0 radical (unpaired) electrons. The molecular weight excluding hydrogens is 447 g/mol. The maximum Gasteiger partial charge on any atom is 0.260 e. The average Bonchev–Trinajstić information content (AvgIpc) is 2.71. The van der Waals surface area contributed by atoms with Gasteiger partial charge < -0.3 is 4.74 Å². The highest BCUT2D eigenvalue weighted by molar-refractivity contribution is 7.92. The molecule has 0 atom stereocenters. The van der Waals surface area contributed by atoms with Gasteiger partial charge in [-0.25, -0.2) is 23.2 Å². The maximum absolute atomic E-state index is 13.5. The van der Waals surface area contributed by atoms with E-state index in [-0.39, 0.29) is 10.8 Å². The smallest absolute Gasteiger partial charge is 0.260 e. The van der Waals surface area contributed by atoms with Crippen LogP contribution in [0.15, 0.2) is 53.6 Å². The van der Waals surface area contributed by atoms with Crippen LogP contribution in [0.4, 0.5) is 10.1 Å². The molecule has 0 aliphatic rings. The highest BCUT2D eigenvalue weighted by atomic mass is 35.5. The first-order valence-corrected chi connectivity index (χ1v) is 11.1. The van der Waals surface area contributed by atoms with Crippen LogP contribution in [0.3, 0.4) is 0 Å². The van der Waals surface area contributed by atoms with Gasteiger partial charge in [0.15, 0.2) is 0 Å². The number of nitrogens with one attached hydrogen (secondary N) is 1. The van der Waals surface area contributed by atoms with Crippen LogP contribution < -0.4 is 14.5 Å². The van der Waals surface area contributed by atoms with E-state index >= 15 is 0 Å². The molecule has 162 valence electrons. The summed E-state index contributed by atoms with van der Waals surface area (Å²) in [6, 6.07) is 12.0. The number of nitrogens with zero attached hydrogens (tertiary/aromatic N) is 3. The highest BCUT2D eigenvalue weighted by Crippen LogP contribution is 2.23. The Balaban J connectivity index is 1.74. The van der Waals surface area contributed by atoms with Crippen LogP contribution in [0.25, 0.3) is 10.9 Å². The SMILES string of the molecule is COc1ccc2cc(/C=N\NC(=O)CN(c3cccc(F)c3)S(C)(=O)=O)c(Cl)nc2c1. The minimum Gasteiger partial charge on any atom is -0.497 e. The zero-order valence-corrected chi connectivity index (χ0v) is 18.1. The molecule has 0 fully saturated rings. The Morgan fingerprint density at radius 1 is 1.29 bits per heavy atom. The number of carbonyl (C=O) groups excluding carboxylic acids is 1. The average molecular weight is 465 g/mol. The highest BCUT2D eigenvalue weighted by Gasteiger charge is 2.21. The second-order valence-corrected chi connectivity index (χ2v) is 8.73. The van der Waals surface area contributed by atoms with Gasteiger partial charge in [-0.1, -0.05) is 17.7 Å². The van der Waals surface area contributed by atoms with Crippen molar-refractivity contribution in [3.8, 4) is 5.75 Å². The van der Waals surface area contributed by atoms with Gasteiger partial charge in [0.25, 0.3) is 5.91 Å². The van der Waals surface area contributed by atoms with Gasteiger partial charge in [-0.2, -0.15) is 5.10 Å². The number of hydrogen-bond acceptors (Lipinski definition) is 6. The summed E-state index contributed by atoms with van der Waals surface area (Å²) in [4.78, 5) is 16.5. The molecular formula is C20H18ClFN4O4S. The third-order valence-corrected chi connectivity index (χ3v) is 5.63. The molecule has 31 heavy (non-hydrogen) atoms. The number of methoxy groups -OCH3 is 1. The summed E-state index contributed by atoms with van der Waals surface area (Å²) < 4.78 is 43.5. The second-order valence-electron chi connectivity index (χ2n) is 6.47. The number of aromatic nitrogens is 1. The molecule has 0 aliphatic heterocycles. The first kappa shape index (κ1) is 22.4. The molecule has 3 rings (SSSR count). The van der Waals surface area contributed by atoms with Crippen molar-refractivity contribution in [3.63, 3.8) is 0 Å². The lowest BCUT2D eigenvalue weighted by Gasteiger charge is -2.21. The zero-order chi connectivity index (χ0) is 22.6. The summed E-state index contributed by atoms with van der Waals surface area (Å²) in [6.07, 6.45) is 2.22. The Hall–Kier alpha value is -3.24. The van der Waals surface area contributed by atoms with E-state index in [1.807, 2.05) is 0 Å². The molecule has 1 heterocycles. The van der Waals surface area contributed by atoms with E-state index in [1.54, 1.807) is 31.4 Å². The summed E-state index contributed by atoms with van der Waals surface area (Å²) in [7, 11) is -2.28. The number of sulfonamides is 1. The lowest BCUT2D eigenvalue weighted by Crippen LogP contribution is -2.39. The summed E-state index contributed by atoms with van der Waals surface area (Å²) in [5.74, 6) is -0.709. The molecule has 1 aromatic heterocycles. The van der Waals surface area contributed by atoms with Gasteiger partial charge in [0, 0.05) is 17.0 Å². The van der Waals surface area contributed by atoms with Crippen LogP contribution in [0.1, 0.15) is 5.56 Å². The largest absolute Gasteiger partial charge is 0.497 e. The Morgan fingerprint density at radius 3 is 2.74 bits per heavy atom. The van der Waals surface area contributed by atoms with Crippen LogP contribution in [-0.4, -0.2) is 45.4 Å². The lowest BCUT2D eigenvalue weighted by molar-refractivity contribution is -0.119. The Morgan fingerprint density at radius 2 is 2.06 bits per heavy atom. The van der Waals surface area contributed by atoms with E-state index in [4.69, 9.17) is 16.3 Å². The second kappa shape index (κ2) is 9.27. The number of pyridine rings is 1. The van der Waals surface area contributed by atoms with Crippen molar-refractivity contribution in [2.45, 2.75) is 0 Å². The third kappa shape index (κ3) is 5.68. The third-order valence-electron chi connectivity index (χ3n) is 4.18. The number of fused-ring (bicyclic) bond motifs is 1. The van der Waals surface area contributed by atoms with Gasteiger partial charge in [-0.05, 0) is 36.4 Å². The van der Waals surface area contributed by atoms with Crippen LogP contribution in [0.5, 0.6) is 5.75 Å². The normalized spacial score (nSPS) is 11.6. The molecule has 0 saturated heterocycles. The number of rotatable bonds is 7. The minimum atomic E-state index is -3.83. The molecule has 0 saturated carbocycles. The number of halogens is 2. The molecule has 2 aromatic carbocycles. The Kier molecular flexibility index (Phi) is 6.71. The van der Waals surface area contributed by atoms with E-state index in [9.17, 15) is 17.6 Å². The van der Waals surface area contributed by atoms with E-state index in [2.05, 4.69) is 15.5 Å². The number of anilines is 1. The first-order chi connectivity index (χ1) is 14.7. The zero-order valence-electron chi connectivity index (χ0n) is 16.5. The summed E-state index contributed by atoms with van der Waals surface area (Å²) in [5.41, 5.74) is 3.34. The van der Waals surface area contributed by atoms with Crippen molar-refractivity contribution in [1.29, 1.82) is 0 Å². The molecule has 11 heteroatoms. The standard InChI is InChI=1S/C20H18ClFN4O4S/c1-30-17-7-6-13-8-14(20(21)24-18(13)10-17)11-23-25-19(27)12-26(31(2,28)29)16-5-3-4-15(22)9-16/h3-11H,12H2,1-2H3,(H,25,27)/b23-11-. The first-order valence-electron chi connectivity index (χ1n) is 8.87. The van der Waals surface area contributed by atoms with Crippen molar-refractivity contribution >= 4 is 50.3 Å². The lowest BCUT2D eigenvalue weighted by atomic mass is 10.1. The van der Waals surface area contributed by atoms with E-state index in [1.165, 1.54) is 24.4 Å². The van der Waals surface area contributed by atoms with Crippen LogP contribution in [0.2, 0.25) is 5.15 Å². The van der Waals surface area contributed by atoms with Gasteiger partial charge in [-0.15, -0.1) is 0 Å². The predicted octanol–water partition coefficient (Wildman–Crippen LogP) is 2.95. The maximum atomic E-state index is 13.5. The molecule has 3 aromatic rings. The molecule has 1 N–H and O–H groups in total. The van der Waals surface area contributed by atoms with E-state index in [0.717, 1.165) is 22.0 Å². The number of benzene rings is 2. The number of hydrogen-bond donors (Lipinski definition) is 1. The fourth-order valence-corrected chi connectivity index (χ4v) is 3.77. The van der Waals surface area contributed by atoms with Gasteiger partial charge in [0.2, 0.25) is 10.0 Å². The summed E-state index contributed by atoms with van der Waals surface area (Å²) in [6.45, 7) is -0.580. The van der Waals surface area contributed by atoms with Crippen LogP contribution >= 0.6 is 11.6 Å². The summed E-state index contributed by atoms with van der Waals surface area (Å²) >= 11 is 6.17. The molecule has 0 bridgehead atoms. The number of ether oxygens (including phenoxy) is 1. The van der Waals surface area contributed by atoms with Gasteiger partial charge in [-0.3, -0.25) is 9.10 Å². The predicted molar refractivity (Wildman–Crippen MR) is 118 cm³/mol. The molecule has 8 nitrogen and oxygen atoms in total. The van der Waals surface area contributed by atoms with Crippen molar-refractivity contribution in [2.24, 2.45) is 5.10 Å². The van der Waals surface area contributed by atoms with Crippen molar-refractivity contribution in [2.75, 3.05) is 24.2 Å². The van der Waals surface area contributed by atoms with Crippen molar-refractivity contribution in [3.05, 3.63) is 65.1 Å². The van der Waals surface area contributed by atoms with E-state index < -0.39 is 28.3 Å². The quantitative estimate of drug-likeness (QED) is 0.329. The van der Waals surface area contributed by atoms with Crippen LogP contribution in [0, 0.1) is 5.82 Å². The van der Waals surface area contributed by atoms with Gasteiger partial charge >= 0.3 is 0 Å². The fraction of sp³-hybridized carbons (Fsp3) is 0.150. The molecule has 0 spiro atoms. The fourth-order valence-electron chi connectivity index (χ4n) is 2.73. The number of carbonyl (C=O) groups is 1. The minimum absolute atomic E-state index is 0.0267. The molecule has 0 aliphatic carbocycles. The van der Waals surface area contributed by atoms with Gasteiger partial charge in [0.05, 0.1) is 30.8 Å². The molecule has 0 unspecified atom stereocenters. The van der Waals surface area contributed by atoms with Gasteiger partial charge in [0.1, 0.15) is 23.3 Å². The number of amides is 1. The van der Waals surface area contributed by atoms with Crippen molar-refractivity contribution in [1.82, 2.24) is 10.4 Å². The Bertz CT molecular complexity index is 1270. The molecule has 1 amide bonds. The van der Waals surface area contributed by atoms with Crippen LogP contribution in [-0.2, 0) is 14.8 Å². The monoisotopic (exact) mass is 464 g/mol. The van der Waals surface area contributed by atoms with Crippen molar-refractivity contribution < 1.29 is 22.3 Å². The number of hydrazone groups is 1. The summed E-state index contributed by atoms with van der Waals surface area (Å²) in [5, 5.41) is 4.77. The Labute approximate surface area is 183 Å².